The highest BCUT2D eigenvalue weighted by molar-refractivity contribution is 4.94. The molecule has 94 valence electrons. The zero-order chi connectivity index (χ0) is 11.7. The summed E-state index contributed by atoms with van der Waals surface area (Å²) in [7, 11) is 0. The van der Waals surface area contributed by atoms with E-state index < -0.39 is 0 Å². The van der Waals surface area contributed by atoms with Crippen LogP contribution in [0.1, 0.15) is 38.0 Å². The molecule has 3 heterocycles. The lowest BCUT2D eigenvalue weighted by Crippen LogP contribution is -2.55. The van der Waals surface area contributed by atoms with Gasteiger partial charge in [0, 0.05) is 31.1 Å². The number of nitrogens with zero attached hydrogens (tertiary/aromatic N) is 3. The second-order valence-electron chi connectivity index (χ2n) is 5.29. The highest BCUT2D eigenvalue weighted by Gasteiger charge is 2.36. The number of rotatable bonds is 3. The van der Waals surface area contributed by atoms with Gasteiger partial charge < -0.3 is 10.3 Å². The fourth-order valence-corrected chi connectivity index (χ4v) is 3.42. The topological polar surface area (TPSA) is 68.2 Å². The van der Waals surface area contributed by atoms with Crippen molar-refractivity contribution in [1.29, 1.82) is 0 Å². The third kappa shape index (κ3) is 2.35. The van der Waals surface area contributed by atoms with Gasteiger partial charge in [0.15, 0.2) is 6.33 Å². The summed E-state index contributed by atoms with van der Waals surface area (Å²) in [5.74, 6) is 0.748. The molecule has 2 aliphatic rings. The van der Waals surface area contributed by atoms with Crippen LogP contribution in [-0.2, 0) is 6.42 Å². The van der Waals surface area contributed by atoms with E-state index in [1.807, 2.05) is 0 Å². The molecule has 2 unspecified atom stereocenters. The van der Waals surface area contributed by atoms with Gasteiger partial charge >= 0.3 is 0 Å². The van der Waals surface area contributed by atoms with Gasteiger partial charge in [-0.2, -0.15) is 4.98 Å². The summed E-state index contributed by atoms with van der Waals surface area (Å²) in [5.41, 5.74) is 6.11. The fourth-order valence-electron chi connectivity index (χ4n) is 3.42. The molecular formula is C12H20N4O. The van der Waals surface area contributed by atoms with Crippen molar-refractivity contribution in [1.82, 2.24) is 15.0 Å². The summed E-state index contributed by atoms with van der Waals surface area (Å²) in [5, 5.41) is 3.65. The van der Waals surface area contributed by atoms with Crippen molar-refractivity contribution in [2.24, 2.45) is 5.73 Å². The van der Waals surface area contributed by atoms with E-state index in [2.05, 4.69) is 15.0 Å². The molecule has 0 amide bonds. The van der Waals surface area contributed by atoms with E-state index in [0.29, 0.717) is 18.1 Å². The molecule has 2 fully saturated rings. The largest absolute Gasteiger partial charge is 0.340 e. The standard InChI is InChI=1S/C12H20N4O/c13-9-6-10-2-1-3-11(7-9)16(10)5-4-12-14-8-15-17-12/h8-11H,1-7,13H2. The third-order valence-corrected chi connectivity index (χ3v) is 4.15. The van der Waals surface area contributed by atoms with Gasteiger partial charge in [-0.3, -0.25) is 4.90 Å². The van der Waals surface area contributed by atoms with E-state index in [4.69, 9.17) is 10.3 Å². The van der Waals surface area contributed by atoms with Gasteiger partial charge in [0.1, 0.15) is 0 Å². The van der Waals surface area contributed by atoms with Gasteiger partial charge in [0.05, 0.1) is 0 Å². The van der Waals surface area contributed by atoms with E-state index in [1.54, 1.807) is 0 Å². The molecule has 2 saturated heterocycles. The number of aromatic nitrogens is 2. The van der Waals surface area contributed by atoms with Crippen molar-refractivity contribution < 1.29 is 4.52 Å². The van der Waals surface area contributed by atoms with Crippen LogP contribution in [0.2, 0.25) is 0 Å². The first-order chi connectivity index (χ1) is 8.33. The molecule has 0 saturated carbocycles. The van der Waals surface area contributed by atoms with Crippen molar-refractivity contribution in [3.63, 3.8) is 0 Å². The van der Waals surface area contributed by atoms with E-state index in [9.17, 15) is 0 Å². The van der Waals surface area contributed by atoms with Crippen molar-refractivity contribution in [3.8, 4) is 0 Å². The van der Waals surface area contributed by atoms with Gasteiger partial charge in [-0.05, 0) is 25.7 Å². The lowest BCUT2D eigenvalue weighted by Gasteiger charge is -2.48. The minimum atomic E-state index is 0.407. The van der Waals surface area contributed by atoms with Gasteiger partial charge in [-0.15, -0.1) is 0 Å². The third-order valence-electron chi connectivity index (χ3n) is 4.15. The van der Waals surface area contributed by atoms with E-state index in [1.165, 1.54) is 25.6 Å². The molecule has 0 radical (unpaired) electrons. The van der Waals surface area contributed by atoms with Crippen LogP contribution >= 0.6 is 0 Å². The minimum absolute atomic E-state index is 0.407. The van der Waals surface area contributed by atoms with Gasteiger partial charge in [-0.25, -0.2) is 0 Å². The van der Waals surface area contributed by atoms with E-state index in [0.717, 1.165) is 31.7 Å². The maximum atomic E-state index is 6.11. The summed E-state index contributed by atoms with van der Waals surface area (Å²) < 4.78 is 5.06. The van der Waals surface area contributed by atoms with Crippen LogP contribution in [0.5, 0.6) is 0 Å². The normalized spacial score (nSPS) is 33.8. The Hall–Kier alpha value is -0.940. The number of piperidine rings is 2. The summed E-state index contributed by atoms with van der Waals surface area (Å²) in [6.07, 6.45) is 8.60. The van der Waals surface area contributed by atoms with E-state index in [-0.39, 0.29) is 0 Å². The summed E-state index contributed by atoms with van der Waals surface area (Å²) >= 11 is 0. The first-order valence-corrected chi connectivity index (χ1v) is 6.60. The van der Waals surface area contributed by atoms with Crippen LogP contribution in [0.4, 0.5) is 0 Å². The molecule has 2 N–H and O–H groups in total. The Morgan fingerprint density at radius 2 is 2.12 bits per heavy atom. The Kier molecular flexibility index (Phi) is 3.11. The Morgan fingerprint density at radius 1 is 1.35 bits per heavy atom. The maximum absolute atomic E-state index is 6.11. The molecule has 2 bridgehead atoms. The Bertz CT molecular complexity index is 339. The molecule has 17 heavy (non-hydrogen) atoms. The highest BCUT2D eigenvalue weighted by atomic mass is 16.5. The summed E-state index contributed by atoms with van der Waals surface area (Å²) in [6, 6.07) is 1.77. The van der Waals surface area contributed by atoms with Gasteiger partial charge in [0.25, 0.3) is 0 Å². The number of hydrogen-bond acceptors (Lipinski definition) is 5. The van der Waals surface area contributed by atoms with Crippen molar-refractivity contribution in [2.75, 3.05) is 6.54 Å². The number of nitrogens with two attached hydrogens (primary N) is 1. The predicted octanol–water partition coefficient (Wildman–Crippen LogP) is 0.956. The van der Waals surface area contributed by atoms with Crippen LogP contribution in [0.15, 0.2) is 10.9 Å². The Balaban J connectivity index is 1.62. The van der Waals surface area contributed by atoms with Crippen LogP contribution in [0.3, 0.4) is 0 Å². The predicted molar refractivity (Wildman–Crippen MR) is 63.3 cm³/mol. The Morgan fingerprint density at radius 3 is 2.76 bits per heavy atom. The lowest BCUT2D eigenvalue weighted by atomic mass is 9.82. The second-order valence-corrected chi connectivity index (χ2v) is 5.29. The first kappa shape index (κ1) is 11.2. The molecule has 1 aromatic rings. The Labute approximate surface area is 101 Å². The van der Waals surface area contributed by atoms with Gasteiger partial charge in [0.2, 0.25) is 5.89 Å². The van der Waals surface area contributed by atoms with Crippen molar-refractivity contribution >= 4 is 0 Å². The smallest absolute Gasteiger partial charge is 0.227 e. The molecular weight excluding hydrogens is 216 g/mol. The molecule has 0 aliphatic carbocycles. The zero-order valence-corrected chi connectivity index (χ0v) is 10.1. The van der Waals surface area contributed by atoms with Crippen LogP contribution in [0.25, 0.3) is 0 Å². The van der Waals surface area contributed by atoms with Crippen LogP contribution < -0.4 is 5.73 Å². The number of fused-ring (bicyclic) bond motifs is 2. The molecule has 3 rings (SSSR count). The maximum Gasteiger partial charge on any atom is 0.227 e. The second kappa shape index (κ2) is 4.74. The minimum Gasteiger partial charge on any atom is -0.340 e. The van der Waals surface area contributed by atoms with Crippen LogP contribution in [0, 0.1) is 0 Å². The molecule has 5 nitrogen and oxygen atoms in total. The average Bonchev–Trinajstić information content (AvgIpc) is 2.79. The summed E-state index contributed by atoms with van der Waals surface area (Å²) in [4.78, 5) is 6.70. The molecule has 5 heteroatoms. The van der Waals surface area contributed by atoms with Crippen LogP contribution in [-0.4, -0.2) is 39.7 Å². The quantitative estimate of drug-likeness (QED) is 0.846. The monoisotopic (exact) mass is 236 g/mol. The molecule has 1 aromatic heterocycles. The van der Waals surface area contributed by atoms with Crippen molar-refractivity contribution in [3.05, 3.63) is 12.2 Å². The van der Waals surface area contributed by atoms with Gasteiger partial charge in [-0.1, -0.05) is 11.6 Å². The molecule has 0 aromatic carbocycles. The number of hydrogen-bond donors (Lipinski definition) is 1. The molecule has 0 spiro atoms. The molecule has 2 atom stereocenters. The average molecular weight is 236 g/mol. The highest BCUT2D eigenvalue weighted by Crippen LogP contribution is 2.33. The SMILES string of the molecule is NC1CC2CCCC(C1)N2CCc1ncno1. The lowest BCUT2D eigenvalue weighted by molar-refractivity contribution is 0.0311. The fraction of sp³-hybridized carbons (Fsp3) is 0.833. The molecule has 2 aliphatic heterocycles. The van der Waals surface area contributed by atoms with E-state index >= 15 is 0 Å². The van der Waals surface area contributed by atoms with Crippen molar-refractivity contribution in [2.45, 2.75) is 56.7 Å². The summed E-state index contributed by atoms with van der Waals surface area (Å²) in [6.45, 7) is 1.03. The first-order valence-electron chi connectivity index (χ1n) is 6.60. The zero-order valence-electron chi connectivity index (χ0n) is 10.1.